The van der Waals surface area contributed by atoms with E-state index < -0.39 is 5.60 Å². The molecule has 6 rings (SSSR count). The zero-order valence-electron chi connectivity index (χ0n) is 22.9. The van der Waals surface area contributed by atoms with Crippen molar-refractivity contribution < 1.29 is 9.90 Å². The van der Waals surface area contributed by atoms with Crippen LogP contribution in [0.15, 0.2) is 36.4 Å². The van der Waals surface area contributed by atoms with Gasteiger partial charge in [0.05, 0.1) is 30.4 Å². The van der Waals surface area contributed by atoms with Gasteiger partial charge in [0.15, 0.2) is 0 Å². The maximum atomic E-state index is 13.6. The van der Waals surface area contributed by atoms with Gasteiger partial charge in [0.25, 0.3) is 0 Å². The lowest BCUT2D eigenvalue weighted by Crippen LogP contribution is -2.69. The van der Waals surface area contributed by atoms with Crippen LogP contribution in [0.3, 0.4) is 0 Å². The molecule has 0 aromatic heterocycles. The zero-order chi connectivity index (χ0) is 26.3. The van der Waals surface area contributed by atoms with Crippen molar-refractivity contribution >= 4 is 11.6 Å². The molecule has 2 bridgehead atoms. The summed E-state index contributed by atoms with van der Waals surface area (Å²) in [6.07, 6.45) is 10.9. The maximum absolute atomic E-state index is 13.6. The number of likely N-dealkylation sites (tertiary alicyclic amines) is 1. The number of fused-ring (bicyclic) bond motifs is 6. The highest BCUT2D eigenvalue weighted by atomic mass is 16.3. The minimum atomic E-state index is -0.771. The Hall–Kier alpha value is -2.01. The van der Waals surface area contributed by atoms with E-state index in [9.17, 15) is 9.90 Å². The number of carbonyl (C=O) groups excluding carboxylic acids is 1. The first-order valence-corrected chi connectivity index (χ1v) is 14.7. The van der Waals surface area contributed by atoms with Gasteiger partial charge in [-0.05, 0) is 95.6 Å². The van der Waals surface area contributed by atoms with Crippen molar-refractivity contribution in [3.8, 4) is 0 Å². The predicted molar refractivity (Wildman–Crippen MR) is 149 cm³/mol. The van der Waals surface area contributed by atoms with Gasteiger partial charge in [0, 0.05) is 18.3 Å². The Labute approximate surface area is 227 Å². The summed E-state index contributed by atoms with van der Waals surface area (Å²) in [5, 5.41) is 30.0. The van der Waals surface area contributed by atoms with Crippen LogP contribution < -0.4 is 21.3 Å². The van der Waals surface area contributed by atoms with Crippen LogP contribution in [0.5, 0.6) is 0 Å². The summed E-state index contributed by atoms with van der Waals surface area (Å²) >= 11 is 0. The second kappa shape index (κ2) is 10.9. The Bertz CT molecular complexity index is 1010. The van der Waals surface area contributed by atoms with Crippen LogP contribution in [0.4, 0.5) is 5.69 Å². The topological polar surface area (TPSA) is 95.1 Å². The molecular formula is C29H45N7O2. The van der Waals surface area contributed by atoms with Crippen LogP contribution in [0.2, 0.25) is 0 Å². The number of rotatable bonds is 3. The lowest BCUT2D eigenvalue weighted by molar-refractivity contribution is -0.146. The van der Waals surface area contributed by atoms with Gasteiger partial charge in [0.2, 0.25) is 5.91 Å². The third-order valence-electron chi connectivity index (χ3n) is 9.50. The number of hydrogen-bond acceptors (Lipinski definition) is 8. The van der Waals surface area contributed by atoms with E-state index in [0.29, 0.717) is 19.0 Å². The Morgan fingerprint density at radius 2 is 1.84 bits per heavy atom. The number of nitrogens with one attached hydrogen (secondary N) is 4. The summed E-state index contributed by atoms with van der Waals surface area (Å²) in [6.45, 7) is 5.47. The van der Waals surface area contributed by atoms with Gasteiger partial charge in [-0.3, -0.25) is 25.8 Å². The number of hydrogen-bond donors (Lipinski definition) is 5. The smallest absolute Gasteiger partial charge is 0.244 e. The molecule has 0 aliphatic carbocycles. The van der Waals surface area contributed by atoms with Crippen LogP contribution in [-0.4, -0.2) is 89.4 Å². The molecule has 5 aliphatic rings. The molecule has 6 atom stereocenters. The SMILES string of the molecule is CN1CCC(c2ccc(NC3NCC4C(=O)N5C/C=C\CCC(C)(O)C6CCCC(N6)N5C4N3)cc2)CC1. The van der Waals surface area contributed by atoms with Crippen molar-refractivity contribution in [2.45, 2.75) is 88.1 Å². The van der Waals surface area contributed by atoms with Gasteiger partial charge in [0.1, 0.15) is 6.29 Å². The van der Waals surface area contributed by atoms with Crippen LogP contribution in [0.1, 0.15) is 63.4 Å². The molecule has 1 amide bonds. The van der Waals surface area contributed by atoms with Gasteiger partial charge in [-0.1, -0.05) is 24.3 Å². The number of nitrogens with zero attached hydrogens (tertiary/aromatic N) is 3. The van der Waals surface area contributed by atoms with Crippen LogP contribution >= 0.6 is 0 Å². The number of carbonyl (C=O) groups is 1. The summed E-state index contributed by atoms with van der Waals surface area (Å²) in [6, 6.07) is 8.92. The molecule has 38 heavy (non-hydrogen) atoms. The van der Waals surface area contributed by atoms with Crippen LogP contribution in [-0.2, 0) is 4.79 Å². The molecule has 208 valence electrons. The lowest BCUT2D eigenvalue weighted by Gasteiger charge is -2.47. The van der Waals surface area contributed by atoms with E-state index in [2.05, 4.69) is 74.6 Å². The fourth-order valence-corrected chi connectivity index (χ4v) is 7.10. The third-order valence-corrected chi connectivity index (χ3v) is 9.50. The van der Waals surface area contributed by atoms with Crippen molar-refractivity contribution in [3.63, 3.8) is 0 Å². The van der Waals surface area contributed by atoms with E-state index in [4.69, 9.17) is 0 Å². The summed E-state index contributed by atoms with van der Waals surface area (Å²) in [5.41, 5.74) is 1.72. The molecule has 5 aliphatic heterocycles. The summed E-state index contributed by atoms with van der Waals surface area (Å²) in [4.78, 5) is 16.0. The van der Waals surface area contributed by atoms with Gasteiger partial charge in [-0.2, -0.15) is 5.01 Å². The van der Waals surface area contributed by atoms with Gasteiger partial charge in [-0.25, -0.2) is 0 Å². The maximum Gasteiger partial charge on any atom is 0.244 e. The van der Waals surface area contributed by atoms with E-state index >= 15 is 0 Å². The minimum absolute atomic E-state index is 0.00532. The second-order valence-electron chi connectivity index (χ2n) is 12.2. The monoisotopic (exact) mass is 523 g/mol. The summed E-state index contributed by atoms with van der Waals surface area (Å²) in [7, 11) is 2.20. The molecule has 0 saturated carbocycles. The molecule has 1 aromatic carbocycles. The zero-order valence-corrected chi connectivity index (χ0v) is 22.9. The van der Waals surface area contributed by atoms with Crippen LogP contribution in [0.25, 0.3) is 0 Å². The molecule has 4 saturated heterocycles. The van der Waals surface area contributed by atoms with E-state index in [0.717, 1.165) is 37.8 Å². The minimum Gasteiger partial charge on any atom is -0.389 e. The van der Waals surface area contributed by atoms with E-state index in [-0.39, 0.29) is 36.5 Å². The van der Waals surface area contributed by atoms with Gasteiger partial charge < -0.3 is 15.3 Å². The lowest BCUT2D eigenvalue weighted by atomic mass is 9.85. The predicted octanol–water partition coefficient (Wildman–Crippen LogP) is 1.95. The Morgan fingerprint density at radius 3 is 2.63 bits per heavy atom. The number of anilines is 1. The third kappa shape index (κ3) is 5.24. The summed E-state index contributed by atoms with van der Waals surface area (Å²) < 4.78 is 0. The standard InChI is InChI=1S/C29H45N7O2/c1-29(38)15-4-3-5-16-35-27(37)23-19-30-28(33-26(23)36(35)25-8-6-7-24(29)32-25)31-22-11-9-20(10-12-22)21-13-17-34(2)18-14-21/h3,5,9-12,21,23-26,28,30-33,38H,4,6-8,13-19H2,1-2H3/b5-3-. The van der Waals surface area contributed by atoms with Crippen molar-refractivity contribution in [2.24, 2.45) is 5.92 Å². The highest BCUT2D eigenvalue weighted by Crippen LogP contribution is 2.34. The van der Waals surface area contributed by atoms with E-state index in [1.165, 1.54) is 31.5 Å². The molecule has 5 N–H and O–H groups in total. The molecule has 0 spiro atoms. The molecule has 9 heteroatoms. The van der Waals surface area contributed by atoms with Crippen molar-refractivity contribution in [1.29, 1.82) is 0 Å². The molecule has 6 unspecified atom stereocenters. The fraction of sp³-hybridized carbons (Fsp3) is 0.690. The quantitative estimate of drug-likeness (QED) is 0.384. The molecule has 4 fully saturated rings. The first kappa shape index (κ1) is 26.2. The molecular weight excluding hydrogens is 478 g/mol. The highest BCUT2D eigenvalue weighted by molar-refractivity contribution is 5.82. The fourth-order valence-electron chi connectivity index (χ4n) is 7.10. The molecule has 0 radical (unpaired) electrons. The number of amides is 1. The number of benzene rings is 1. The number of hydrazine groups is 1. The largest absolute Gasteiger partial charge is 0.389 e. The van der Waals surface area contributed by atoms with Gasteiger partial charge in [-0.15, -0.1) is 0 Å². The number of aliphatic hydroxyl groups is 1. The van der Waals surface area contributed by atoms with Gasteiger partial charge >= 0.3 is 0 Å². The van der Waals surface area contributed by atoms with Crippen molar-refractivity contribution in [3.05, 3.63) is 42.0 Å². The second-order valence-corrected chi connectivity index (χ2v) is 12.2. The summed E-state index contributed by atoms with van der Waals surface area (Å²) in [5.74, 6) is 0.656. The Morgan fingerprint density at radius 1 is 1.05 bits per heavy atom. The molecule has 9 nitrogen and oxygen atoms in total. The van der Waals surface area contributed by atoms with E-state index in [1.54, 1.807) is 0 Å². The van der Waals surface area contributed by atoms with Crippen molar-refractivity contribution in [1.82, 2.24) is 30.9 Å². The molecule has 5 heterocycles. The van der Waals surface area contributed by atoms with Crippen molar-refractivity contribution in [2.75, 3.05) is 38.5 Å². The highest BCUT2D eigenvalue weighted by Gasteiger charge is 2.52. The number of allylic oxidation sites excluding steroid dienone is 1. The normalized spacial score (nSPS) is 38.2. The van der Waals surface area contributed by atoms with E-state index in [1.807, 2.05) is 11.9 Å². The first-order chi connectivity index (χ1) is 18.4. The Balaban J connectivity index is 1.16. The number of piperidine rings is 2. The molecule has 1 aromatic rings. The average Bonchev–Trinajstić information content (AvgIpc) is 3.19. The van der Waals surface area contributed by atoms with Crippen LogP contribution in [0, 0.1) is 5.92 Å². The average molecular weight is 524 g/mol. The Kier molecular flexibility index (Phi) is 7.50. The first-order valence-electron chi connectivity index (χ1n) is 14.7.